The Kier molecular flexibility index (Phi) is 4.09. The van der Waals surface area contributed by atoms with Gasteiger partial charge < -0.3 is 10.1 Å². The summed E-state index contributed by atoms with van der Waals surface area (Å²) in [6.45, 7) is 2.61. The fourth-order valence-corrected chi connectivity index (χ4v) is 3.26. The number of aromatic nitrogens is 3. The number of hydrogen-bond acceptors (Lipinski definition) is 4. The Morgan fingerprint density at radius 1 is 1.12 bits per heavy atom. The summed E-state index contributed by atoms with van der Waals surface area (Å²) < 4.78 is 20.6. The second-order valence-electron chi connectivity index (χ2n) is 6.03. The summed E-state index contributed by atoms with van der Waals surface area (Å²) in [7, 11) is 0. The van der Waals surface area contributed by atoms with Gasteiger partial charge in [0.25, 0.3) is 0 Å². The van der Waals surface area contributed by atoms with Gasteiger partial charge in [-0.2, -0.15) is 10.1 Å². The molecule has 3 aromatic rings. The summed E-state index contributed by atoms with van der Waals surface area (Å²) in [5.74, 6) is 1.35. The van der Waals surface area contributed by atoms with Crippen LogP contribution in [0.3, 0.4) is 0 Å². The van der Waals surface area contributed by atoms with Crippen LogP contribution >= 0.6 is 0 Å². The third-order valence-electron chi connectivity index (χ3n) is 4.48. The minimum Gasteiger partial charge on any atom is -0.494 e. The van der Waals surface area contributed by atoms with E-state index in [9.17, 15) is 4.39 Å². The van der Waals surface area contributed by atoms with E-state index in [0.29, 0.717) is 6.61 Å². The highest BCUT2D eigenvalue weighted by atomic mass is 19.1. The second-order valence-corrected chi connectivity index (χ2v) is 6.03. The van der Waals surface area contributed by atoms with Gasteiger partial charge in [-0.3, -0.25) is 0 Å². The number of anilines is 1. The Bertz CT molecular complexity index is 845. The number of benzene rings is 2. The largest absolute Gasteiger partial charge is 0.494 e. The molecule has 1 aliphatic rings. The van der Waals surface area contributed by atoms with Crippen molar-refractivity contribution >= 4 is 5.95 Å². The Balaban J connectivity index is 1.65. The van der Waals surface area contributed by atoms with Crippen LogP contribution in [0.5, 0.6) is 5.75 Å². The van der Waals surface area contributed by atoms with E-state index in [0.717, 1.165) is 29.2 Å². The van der Waals surface area contributed by atoms with E-state index in [4.69, 9.17) is 4.74 Å². The molecule has 5 nitrogen and oxygen atoms in total. The van der Waals surface area contributed by atoms with E-state index in [1.54, 1.807) is 6.33 Å². The fourth-order valence-electron chi connectivity index (χ4n) is 3.26. The van der Waals surface area contributed by atoms with Gasteiger partial charge in [-0.25, -0.2) is 9.07 Å². The smallest absolute Gasteiger partial charge is 0.222 e. The number of halogens is 1. The molecule has 4 rings (SSSR count). The number of nitrogens with zero attached hydrogens (tertiary/aromatic N) is 3. The van der Waals surface area contributed by atoms with E-state index in [2.05, 4.69) is 27.5 Å². The molecular formula is C19H19FN4O. The fraction of sp³-hybridized carbons (Fsp3) is 0.263. The lowest BCUT2D eigenvalue weighted by Crippen LogP contribution is -2.28. The van der Waals surface area contributed by atoms with Gasteiger partial charge in [0.2, 0.25) is 5.95 Å². The number of fused-ring (bicyclic) bond motifs is 1. The Morgan fingerprint density at radius 3 is 2.56 bits per heavy atom. The first-order valence-electron chi connectivity index (χ1n) is 8.39. The molecule has 1 aliphatic heterocycles. The first-order valence-corrected chi connectivity index (χ1v) is 8.39. The summed E-state index contributed by atoms with van der Waals surface area (Å²) in [5.41, 5.74) is 2.18. The van der Waals surface area contributed by atoms with E-state index in [1.807, 2.05) is 35.9 Å². The van der Waals surface area contributed by atoms with E-state index in [1.165, 1.54) is 12.1 Å². The van der Waals surface area contributed by atoms with Gasteiger partial charge in [0, 0.05) is 0 Å². The van der Waals surface area contributed by atoms with Crippen LogP contribution in [0.2, 0.25) is 0 Å². The molecule has 0 amide bonds. The molecule has 0 fully saturated rings. The standard InChI is InChI=1S/C19H19FN4O/c1-2-25-16-9-5-14(6-10-16)18-11-17(13-3-7-15(20)8-4-13)23-19-21-12-22-24(18)19/h3-10,12,17-18H,2,11H2,1H3,(H,21,22,23)/t17-,18+/m1/s1. The molecule has 1 aromatic heterocycles. The van der Waals surface area contributed by atoms with Crippen molar-refractivity contribution in [1.29, 1.82) is 0 Å². The lowest BCUT2D eigenvalue weighted by molar-refractivity contribution is 0.340. The molecule has 25 heavy (non-hydrogen) atoms. The minimum atomic E-state index is -0.231. The molecule has 128 valence electrons. The zero-order valence-corrected chi connectivity index (χ0v) is 13.9. The summed E-state index contributed by atoms with van der Waals surface area (Å²) in [6.07, 6.45) is 2.35. The normalized spacial score (nSPS) is 19.1. The predicted octanol–water partition coefficient (Wildman–Crippen LogP) is 3.96. The molecule has 0 bridgehead atoms. The highest BCUT2D eigenvalue weighted by molar-refractivity contribution is 5.39. The molecule has 0 saturated carbocycles. The monoisotopic (exact) mass is 338 g/mol. The summed E-state index contributed by atoms with van der Waals surface area (Å²) in [6, 6.07) is 14.8. The number of hydrogen-bond donors (Lipinski definition) is 1. The van der Waals surface area contributed by atoms with Crippen molar-refractivity contribution in [3.05, 3.63) is 71.8 Å². The van der Waals surface area contributed by atoms with Crippen LogP contribution < -0.4 is 10.1 Å². The highest BCUT2D eigenvalue weighted by Gasteiger charge is 2.29. The number of ether oxygens (including phenoxy) is 1. The van der Waals surface area contributed by atoms with Crippen molar-refractivity contribution in [2.24, 2.45) is 0 Å². The summed E-state index contributed by atoms with van der Waals surface area (Å²) in [4.78, 5) is 4.31. The van der Waals surface area contributed by atoms with Gasteiger partial charge in [0.05, 0.1) is 18.7 Å². The molecule has 0 saturated heterocycles. The van der Waals surface area contributed by atoms with Gasteiger partial charge in [-0.15, -0.1) is 0 Å². The molecule has 0 spiro atoms. The van der Waals surface area contributed by atoms with Gasteiger partial charge in [-0.1, -0.05) is 24.3 Å². The molecule has 2 atom stereocenters. The lowest BCUT2D eigenvalue weighted by atomic mass is 9.93. The first-order chi connectivity index (χ1) is 12.2. The third-order valence-corrected chi connectivity index (χ3v) is 4.48. The van der Waals surface area contributed by atoms with Crippen molar-refractivity contribution < 1.29 is 9.13 Å². The molecule has 1 N–H and O–H groups in total. The van der Waals surface area contributed by atoms with Gasteiger partial charge in [-0.05, 0) is 48.7 Å². The minimum absolute atomic E-state index is 0.0499. The van der Waals surface area contributed by atoms with Crippen LogP contribution in [0.15, 0.2) is 54.9 Å². The molecule has 2 aromatic carbocycles. The van der Waals surface area contributed by atoms with Crippen molar-refractivity contribution in [2.75, 3.05) is 11.9 Å². The van der Waals surface area contributed by atoms with Gasteiger partial charge in [0.1, 0.15) is 17.9 Å². The Labute approximate surface area is 145 Å². The predicted molar refractivity (Wildman–Crippen MR) is 93.2 cm³/mol. The van der Waals surface area contributed by atoms with Crippen molar-refractivity contribution in [3.63, 3.8) is 0 Å². The van der Waals surface area contributed by atoms with E-state index in [-0.39, 0.29) is 17.9 Å². The second kappa shape index (κ2) is 6.55. The third kappa shape index (κ3) is 3.07. The molecule has 0 aliphatic carbocycles. The van der Waals surface area contributed by atoms with Crippen molar-refractivity contribution in [1.82, 2.24) is 14.8 Å². The Hall–Kier alpha value is -2.89. The van der Waals surface area contributed by atoms with Crippen LogP contribution in [0.4, 0.5) is 10.3 Å². The molecule has 6 heteroatoms. The van der Waals surface area contributed by atoms with Crippen LogP contribution in [-0.2, 0) is 0 Å². The van der Waals surface area contributed by atoms with E-state index < -0.39 is 0 Å². The van der Waals surface area contributed by atoms with Crippen LogP contribution in [0.1, 0.15) is 36.6 Å². The quantitative estimate of drug-likeness (QED) is 0.782. The zero-order chi connectivity index (χ0) is 17.2. The maximum atomic E-state index is 13.2. The lowest BCUT2D eigenvalue weighted by Gasteiger charge is -2.31. The zero-order valence-electron chi connectivity index (χ0n) is 13.9. The summed E-state index contributed by atoms with van der Waals surface area (Å²) in [5, 5.41) is 7.75. The van der Waals surface area contributed by atoms with Crippen LogP contribution in [-0.4, -0.2) is 21.4 Å². The van der Waals surface area contributed by atoms with E-state index >= 15 is 0 Å². The van der Waals surface area contributed by atoms with Crippen molar-refractivity contribution in [3.8, 4) is 5.75 Å². The highest BCUT2D eigenvalue weighted by Crippen LogP contribution is 2.37. The van der Waals surface area contributed by atoms with Crippen LogP contribution in [0, 0.1) is 5.82 Å². The maximum absolute atomic E-state index is 13.2. The molecule has 0 unspecified atom stereocenters. The Morgan fingerprint density at radius 2 is 1.84 bits per heavy atom. The number of rotatable bonds is 4. The van der Waals surface area contributed by atoms with Crippen LogP contribution in [0.25, 0.3) is 0 Å². The SMILES string of the molecule is CCOc1ccc([C@@H]2C[C@H](c3ccc(F)cc3)Nc3ncnn32)cc1. The average Bonchev–Trinajstić information content (AvgIpc) is 3.11. The van der Waals surface area contributed by atoms with Gasteiger partial charge >= 0.3 is 0 Å². The molecule has 2 heterocycles. The topological polar surface area (TPSA) is 52.0 Å². The van der Waals surface area contributed by atoms with Gasteiger partial charge in [0.15, 0.2) is 0 Å². The molecular weight excluding hydrogens is 319 g/mol. The number of nitrogens with one attached hydrogen (secondary N) is 1. The summed E-state index contributed by atoms with van der Waals surface area (Å²) >= 11 is 0. The maximum Gasteiger partial charge on any atom is 0.222 e. The average molecular weight is 338 g/mol. The molecule has 0 radical (unpaired) electrons. The van der Waals surface area contributed by atoms with Crippen molar-refractivity contribution in [2.45, 2.75) is 25.4 Å². The first kappa shape index (κ1) is 15.6.